The zero-order valence-corrected chi connectivity index (χ0v) is 6.94. The van der Waals surface area contributed by atoms with Gasteiger partial charge in [0.2, 0.25) is 0 Å². The van der Waals surface area contributed by atoms with Crippen LogP contribution in [0.25, 0.3) is 0 Å². The molecule has 0 radical (unpaired) electrons. The van der Waals surface area contributed by atoms with Crippen LogP contribution >= 0.6 is 0 Å². The lowest BCUT2D eigenvalue weighted by Gasteiger charge is -2.14. The number of alkyl halides is 2. The first kappa shape index (κ1) is 8.91. The lowest BCUT2D eigenvalue weighted by Crippen LogP contribution is -2.17. The second-order valence-electron chi connectivity index (χ2n) is 3.41. The molecule has 0 amide bonds. The molecule has 0 aliphatic heterocycles. The smallest absolute Gasteiger partial charge is 0.250 e. The SMILES string of the molecule is CC(C)OC1CCC(F)(F)C1. The minimum atomic E-state index is -2.47. The average Bonchev–Trinajstić information content (AvgIpc) is 2.08. The van der Waals surface area contributed by atoms with Gasteiger partial charge < -0.3 is 4.74 Å². The minimum absolute atomic E-state index is 0.00954. The summed E-state index contributed by atoms with van der Waals surface area (Å²) in [5.41, 5.74) is 0. The van der Waals surface area contributed by atoms with Crippen LogP contribution < -0.4 is 0 Å². The van der Waals surface area contributed by atoms with Gasteiger partial charge in [-0.05, 0) is 20.3 Å². The van der Waals surface area contributed by atoms with E-state index in [-0.39, 0.29) is 25.0 Å². The second-order valence-corrected chi connectivity index (χ2v) is 3.41. The van der Waals surface area contributed by atoms with Crippen molar-refractivity contribution in [3.63, 3.8) is 0 Å². The summed E-state index contributed by atoms with van der Waals surface area (Å²) >= 11 is 0. The van der Waals surface area contributed by atoms with Crippen LogP contribution in [0.15, 0.2) is 0 Å². The summed E-state index contributed by atoms with van der Waals surface area (Å²) in [6, 6.07) is 0. The zero-order chi connectivity index (χ0) is 8.48. The second kappa shape index (κ2) is 3.05. The highest BCUT2D eigenvalue weighted by atomic mass is 19.3. The van der Waals surface area contributed by atoms with Crippen molar-refractivity contribution in [3.8, 4) is 0 Å². The van der Waals surface area contributed by atoms with Crippen LogP contribution in [-0.4, -0.2) is 18.1 Å². The third-order valence-corrected chi connectivity index (χ3v) is 1.82. The van der Waals surface area contributed by atoms with Crippen LogP contribution in [-0.2, 0) is 4.74 Å². The predicted octanol–water partition coefficient (Wildman–Crippen LogP) is 2.60. The highest BCUT2D eigenvalue weighted by Crippen LogP contribution is 2.36. The van der Waals surface area contributed by atoms with Crippen LogP contribution in [0.1, 0.15) is 33.1 Å². The normalized spacial score (nSPS) is 29.7. The summed E-state index contributed by atoms with van der Waals surface area (Å²) < 4.78 is 30.4. The Hall–Kier alpha value is -0.180. The molecule has 66 valence electrons. The van der Waals surface area contributed by atoms with Crippen LogP contribution in [0.3, 0.4) is 0 Å². The van der Waals surface area contributed by atoms with E-state index in [9.17, 15) is 8.78 Å². The van der Waals surface area contributed by atoms with Crippen LogP contribution in [0.5, 0.6) is 0 Å². The zero-order valence-electron chi connectivity index (χ0n) is 6.94. The fraction of sp³-hybridized carbons (Fsp3) is 1.00. The van der Waals surface area contributed by atoms with E-state index in [2.05, 4.69) is 0 Å². The van der Waals surface area contributed by atoms with Gasteiger partial charge in [0.1, 0.15) is 0 Å². The fourth-order valence-electron chi connectivity index (χ4n) is 1.41. The summed E-state index contributed by atoms with van der Waals surface area (Å²) in [5.74, 6) is -2.47. The van der Waals surface area contributed by atoms with Crippen LogP contribution in [0.2, 0.25) is 0 Å². The Morgan fingerprint density at radius 1 is 1.45 bits per heavy atom. The molecule has 3 heteroatoms. The van der Waals surface area contributed by atoms with Gasteiger partial charge in [-0.25, -0.2) is 8.78 Å². The maximum Gasteiger partial charge on any atom is 0.250 e. The number of halogens is 2. The molecule has 0 N–H and O–H groups in total. The lowest BCUT2D eigenvalue weighted by atomic mass is 10.3. The van der Waals surface area contributed by atoms with Gasteiger partial charge in [-0.15, -0.1) is 0 Å². The van der Waals surface area contributed by atoms with E-state index in [1.54, 1.807) is 0 Å². The molecule has 1 saturated carbocycles. The molecule has 0 saturated heterocycles. The first-order valence-electron chi connectivity index (χ1n) is 4.03. The van der Waals surface area contributed by atoms with Gasteiger partial charge in [-0.2, -0.15) is 0 Å². The van der Waals surface area contributed by atoms with Crippen LogP contribution in [0.4, 0.5) is 8.78 Å². The topological polar surface area (TPSA) is 9.23 Å². The fourth-order valence-corrected chi connectivity index (χ4v) is 1.41. The van der Waals surface area contributed by atoms with Gasteiger partial charge in [0.15, 0.2) is 0 Å². The molecule has 1 rings (SSSR count). The van der Waals surface area contributed by atoms with E-state index in [1.165, 1.54) is 0 Å². The van der Waals surface area contributed by atoms with E-state index in [0.29, 0.717) is 6.42 Å². The molecular formula is C8H14F2O. The molecule has 1 unspecified atom stereocenters. The summed E-state index contributed by atoms with van der Waals surface area (Å²) in [4.78, 5) is 0. The number of rotatable bonds is 2. The van der Waals surface area contributed by atoms with Gasteiger partial charge in [0.05, 0.1) is 12.2 Å². The van der Waals surface area contributed by atoms with Crippen molar-refractivity contribution in [2.75, 3.05) is 0 Å². The lowest BCUT2D eigenvalue weighted by molar-refractivity contribution is -0.0338. The van der Waals surface area contributed by atoms with Crippen molar-refractivity contribution in [1.82, 2.24) is 0 Å². The molecule has 1 aliphatic rings. The van der Waals surface area contributed by atoms with E-state index in [1.807, 2.05) is 13.8 Å². The maximum atomic E-state index is 12.6. The molecule has 0 aromatic heterocycles. The third kappa shape index (κ3) is 2.73. The van der Waals surface area contributed by atoms with Gasteiger partial charge in [0.25, 0.3) is 5.92 Å². The van der Waals surface area contributed by atoms with Gasteiger partial charge in [-0.1, -0.05) is 0 Å². The van der Waals surface area contributed by atoms with Crippen molar-refractivity contribution in [1.29, 1.82) is 0 Å². The van der Waals surface area contributed by atoms with Gasteiger partial charge in [0, 0.05) is 12.8 Å². The molecule has 0 aromatic rings. The van der Waals surface area contributed by atoms with E-state index >= 15 is 0 Å². The molecule has 1 aliphatic carbocycles. The Balaban J connectivity index is 2.31. The Morgan fingerprint density at radius 3 is 2.45 bits per heavy atom. The first-order chi connectivity index (χ1) is 4.99. The highest BCUT2D eigenvalue weighted by molar-refractivity contribution is 4.82. The molecule has 0 bridgehead atoms. The standard InChI is InChI=1S/C8H14F2O/c1-6(2)11-7-3-4-8(9,10)5-7/h6-7H,3-5H2,1-2H3. The third-order valence-electron chi connectivity index (χ3n) is 1.82. The molecule has 11 heavy (non-hydrogen) atoms. The van der Waals surface area contributed by atoms with Crippen LogP contribution in [0, 0.1) is 0 Å². The minimum Gasteiger partial charge on any atom is -0.375 e. The quantitative estimate of drug-likeness (QED) is 0.609. The Kier molecular flexibility index (Phi) is 2.47. The van der Waals surface area contributed by atoms with Crippen molar-refractivity contribution in [2.24, 2.45) is 0 Å². The van der Waals surface area contributed by atoms with Crippen molar-refractivity contribution >= 4 is 0 Å². The number of ether oxygens (including phenoxy) is 1. The first-order valence-corrected chi connectivity index (χ1v) is 4.03. The monoisotopic (exact) mass is 164 g/mol. The Bertz CT molecular complexity index is 134. The summed E-state index contributed by atoms with van der Waals surface area (Å²) in [6.07, 6.45) is 0.250. The van der Waals surface area contributed by atoms with E-state index < -0.39 is 5.92 Å². The Morgan fingerprint density at radius 2 is 2.09 bits per heavy atom. The number of hydrogen-bond donors (Lipinski definition) is 0. The number of hydrogen-bond acceptors (Lipinski definition) is 1. The highest BCUT2D eigenvalue weighted by Gasteiger charge is 2.40. The summed E-state index contributed by atoms with van der Waals surface area (Å²) in [6.45, 7) is 3.74. The molecular weight excluding hydrogens is 150 g/mol. The van der Waals surface area contributed by atoms with Gasteiger partial charge in [-0.3, -0.25) is 0 Å². The Labute approximate surface area is 65.7 Å². The molecule has 1 nitrogen and oxygen atoms in total. The van der Waals surface area contributed by atoms with Gasteiger partial charge >= 0.3 is 0 Å². The summed E-state index contributed by atoms with van der Waals surface area (Å²) in [5, 5.41) is 0. The van der Waals surface area contributed by atoms with Crippen molar-refractivity contribution in [2.45, 2.75) is 51.2 Å². The van der Waals surface area contributed by atoms with Crippen molar-refractivity contribution in [3.05, 3.63) is 0 Å². The molecule has 0 heterocycles. The molecule has 0 aromatic carbocycles. The maximum absolute atomic E-state index is 12.6. The summed E-state index contributed by atoms with van der Waals surface area (Å²) in [7, 11) is 0. The molecule has 0 spiro atoms. The predicted molar refractivity (Wildman–Crippen MR) is 38.8 cm³/mol. The largest absolute Gasteiger partial charge is 0.375 e. The van der Waals surface area contributed by atoms with E-state index in [4.69, 9.17) is 4.74 Å². The molecule has 1 atom stereocenters. The van der Waals surface area contributed by atoms with E-state index in [0.717, 1.165) is 0 Å². The van der Waals surface area contributed by atoms with Crippen molar-refractivity contribution < 1.29 is 13.5 Å². The molecule has 1 fully saturated rings. The average molecular weight is 164 g/mol.